The Kier molecular flexibility index (Phi) is 4.22. The Labute approximate surface area is 188 Å². The molecule has 1 aliphatic heterocycles. The van der Waals surface area contributed by atoms with E-state index in [4.69, 9.17) is 0 Å². The molecule has 1 heterocycles. The molecule has 0 radical (unpaired) electrons. The van der Waals surface area contributed by atoms with Gasteiger partial charge in [0, 0.05) is 15.7 Å². The Morgan fingerprint density at radius 1 is 0.903 bits per heavy atom. The smallest absolute Gasteiger partial charge is 0.259 e. The van der Waals surface area contributed by atoms with E-state index in [1.807, 2.05) is 42.5 Å². The molecule has 0 spiro atoms. The van der Waals surface area contributed by atoms with Crippen molar-refractivity contribution >= 4 is 39.3 Å². The Balaban J connectivity index is 1.34. The maximum atomic E-state index is 13.4. The van der Waals surface area contributed by atoms with Crippen LogP contribution in [0.25, 0.3) is 0 Å². The van der Waals surface area contributed by atoms with E-state index in [1.165, 1.54) is 9.80 Å². The molecule has 156 valence electrons. The van der Waals surface area contributed by atoms with Crippen LogP contribution in [0.2, 0.25) is 0 Å². The van der Waals surface area contributed by atoms with E-state index >= 15 is 0 Å². The van der Waals surface area contributed by atoms with Crippen molar-refractivity contribution in [2.24, 2.45) is 35.5 Å². The Bertz CT molecular complexity index is 1080. The Morgan fingerprint density at radius 3 is 2.06 bits per heavy atom. The van der Waals surface area contributed by atoms with E-state index in [9.17, 15) is 14.4 Å². The first-order chi connectivity index (χ1) is 15.0. The Morgan fingerprint density at radius 2 is 1.48 bits per heavy atom. The fourth-order valence-electron chi connectivity index (χ4n) is 5.92. The summed E-state index contributed by atoms with van der Waals surface area (Å²) in [6.45, 7) is -0.0607. The van der Waals surface area contributed by atoms with Gasteiger partial charge >= 0.3 is 0 Å². The fourth-order valence-corrected chi connectivity index (χ4v) is 6.18. The van der Waals surface area contributed by atoms with Crippen molar-refractivity contribution in [2.45, 2.75) is 6.42 Å². The zero-order chi connectivity index (χ0) is 21.3. The molecule has 6 heteroatoms. The number of carbonyl (C=O) groups is 3. The fraction of sp³-hybridized carbons (Fsp3) is 0.320. The summed E-state index contributed by atoms with van der Waals surface area (Å²) in [5.41, 5.74) is 1.17. The lowest BCUT2D eigenvalue weighted by Gasteiger charge is -2.37. The van der Waals surface area contributed by atoms with Crippen molar-refractivity contribution in [3.8, 4) is 0 Å². The van der Waals surface area contributed by atoms with Crippen molar-refractivity contribution in [1.82, 2.24) is 4.90 Å². The van der Waals surface area contributed by atoms with Crippen LogP contribution in [0.5, 0.6) is 0 Å². The monoisotopic (exact) mass is 476 g/mol. The number of hydrogen-bond donors (Lipinski definition) is 0. The quantitative estimate of drug-likeness (QED) is 0.492. The number of benzene rings is 2. The molecule has 0 aromatic heterocycles. The lowest BCUT2D eigenvalue weighted by Crippen LogP contribution is -2.45. The molecule has 1 saturated heterocycles. The molecule has 2 aromatic rings. The molecule has 3 fully saturated rings. The standard InChI is InChI=1S/C25H21BrN2O3/c26-15-6-8-16(9-7-15)27(23(29)14-4-2-1-3-5-14)13-28-24(30)21-17-10-11-18(20-12-19(17)20)22(21)25(28)31/h1-11,17-22H,12-13H2. The highest BCUT2D eigenvalue weighted by atomic mass is 79.9. The second-order valence-corrected chi connectivity index (χ2v) is 9.89. The highest BCUT2D eigenvalue weighted by molar-refractivity contribution is 9.10. The average molecular weight is 477 g/mol. The number of anilines is 1. The van der Waals surface area contributed by atoms with Crippen LogP contribution in [0.15, 0.2) is 71.2 Å². The Hall–Kier alpha value is -2.73. The predicted molar refractivity (Wildman–Crippen MR) is 119 cm³/mol. The van der Waals surface area contributed by atoms with E-state index in [0.717, 1.165) is 10.9 Å². The van der Waals surface area contributed by atoms with Gasteiger partial charge in [0.05, 0.1) is 11.8 Å². The first-order valence-electron chi connectivity index (χ1n) is 10.7. The molecule has 2 aromatic carbocycles. The normalized spacial score (nSPS) is 32.1. The van der Waals surface area contributed by atoms with Crippen LogP contribution in [0.4, 0.5) is 5.69 Å². The minimum atomic E-state index is -0.259. The molecule has 5 nitrogen and oxygen atoms in total. The molecule has 5 aliphatic rings. The molecular weight excluding hydrogens is 456 g/mol. The molecule has 7 rings (SSSR count). The van der Waals surface area contributed by atoms with Crippen molar-refractivity contribution in [1.29, 1.82) is 0 Å². The number of likely N-dealkylation sites (tertiary alicyclic amines) is 1. The zero-order valence-corrected chi connectivity index (χ0v) is 18.3. The van der Waals surface area contributed by atoms with Crippen molar-refractivity contribution in [2.75, 3.05) is 11.6 Å². The summed E-state index contributed by atoms with van der Waals surface area (Å²) in [6.07, 6.45) is 5.46. The van der Waals surface area contributed by atoms with Gasteiger partial charge in [-0.05, 0) is 66.5 Å². The summed E-state index contributed by atoms with van der Waals surface area (Å²) >= 11 is 3.43. The van der Waals surface area contributed by atoms with Gasteiger partial charge in [0.1, 0.15) is 6.67 Å². The molecule has 0 N–H and O–H groups in total. The highest BCUT2D eigenvalue weighted by Gasteiger charge is 2.67. The number of hydrogen-bond acceptors (Lipinski definition) is 3. The summed E-state index contributed by atoms with van der Waals surface area (Å²) in [4.78, 5) is 43.1. The largest absolute Gasteiger partial charge is 0.290 e. The minimum absolute atomic E-state index is 0.0607. The summed E-state index contributed by atoms with van der Waals surface area (Å²) in [6, 6.07) is 16.3. The molecule has 4 aliphatic carbocycles. The minimum Gasteiger partial charge on any atom is -0.290 e. The van der Waals surface area contributed by atoms with E-state index in [2.05, 4.69) is 28.1 Å². The van der Waals surface area contributed by atoms with E-state index in [-0.39, 0.29) is 48.1 Å². The number of allylic oxidation sites excluding steroid dienone is 2. The van der Waals surface area contributed by atoms with Gasteiger partial charge in [0.2, 0.25) is 11.8 Å². The van der Waals surface area contributed by atoms with Crippen molar-refractivity contribution < 1.29 is 14.4 Å². The van der Waals surface area contributed by atoms with Gasteiger partial charge in [-0.25, -0.2) is 0 Å². The molecule has 31 heavy (non-hydrogen) atoms. The van der Waals surface area contributed by atoms with Gasteiger partial charge < -0.3 is 0 Å². The second kappa shape index (κ2) is 6.89. The highest BCUT2D eigenvalue weighted by Crippen LogP contribution is 2.65. The lowest BCUT2D eigenvalue weighted by atomic mass is 9.63. The molecule has 6 unspecified atom stereocenters. The summed E-state index contributed by atoms with van der Waals surface area (Å²) in [5.74, 6) is 0.463. The van der Waals surface area contributed by atoms with Gasteiger partial charge in [-0.2, -0.15) is 0 Å². The number of imide groups is 1. The van der Waals surface area contributed by atoms with Crippen LogP contribution in [-0.4, -0.2) is 29.3 Å². The maximum absolute atomic E-state index is 13.4. The first kappa shape index (κ1) is 19.0. The van der Waals surface area contributed by atoms with Crippen molar-refractivity contribution in [3.63, 3.8) is 0 Å². The van der Waals surface area contributed by atoms with Crippen LogP contribution in [-0.2, 0) is 9.59 Å². The second-order valence-electron chi connectivity index (χ2n) is 8.98. The maximum Gasteiger partial charge on any atom is 0.259 e. The topological polar surface area (TPSA) is 57.7 Å². The summed E-state index contributed by atoms with van der Waals surface area (Å²) < 4.78 is 0.893. The molecule has 3 amide bonds. The SMILES string of the molecule is O=C1C2C3C=CC(C4CC34)C2C(=O)N1CN(C(=O)c1ccccc1)c1ccc(Br)cc1. The zero-order valence-electron chi connectivity index (χ0n) is 16.7. The van der Waals surface area contributed by atoms with Gasteiger partial charge in [-0.15, -0.1) is 0 Å². The van der Waals surface area contributed by atoms with Gasteiger partial charge in [-0.1, -0.05) is 46.3 Å². The summed E-state index contributed by atoms with van der Waals surface area (Å²) in [7, 11) is 0. The molecule has 6 atom stereocenters. The number of halogens is 1. The van der Waals surface area contributed by atoms with E-state index < -0.39 is 0 Å². The average Bonchev–Trinajstić information content (AvgIpc) is 3.58. The van der Waals surface area contributed by atoms with Crippen LogP contribution >= 0.6 is 15.9 Å². The van der Waals surface area contributed by atoms with E-state index in [0.29, 0.717) is 23.1 Å². The first-order valence-corrected chi connectivity index (χ1v) is 11.5. The number of nitrogens with zero attached hydrogens (tertiary/aromatic N) is 2. The van der Waals surface area contributed by atoms with Crippen LogP contribution in [0.1, 0.15) is 16.8 Å². The number of carbonyl (C=O) groups excluding carboxylic acids is 3. The third-order valence-corrected chi connectivity index (χ3v) is 7.97. The lowest BCUT2D eigenvalue weighted by molar-refractivity contribution is -0.140. The van der Waals surface area contributed by atoms with E-state index in [1.54, 1.807) is 12.1 Å². The third kappa shape index (κ3) is 2.84. The van der Waals surface area contributed by atoms with Gasteiger partial charge in [0.25, 0.3) is 5.91 Å². The summed E-state index contributed by atoms with van der Waals surface area (Å²) in [5, 5.41) is 0. The molecular formula is C25H21BrN2O3. The molecule has 2 bridgehead atoms. The third-order valence-electron chi connectivity index (χ3n) is 7.44. The number of amides is 3. The van der Waals surface area contributed by atoms with Crippen LogP contribution < -0.4 is 4.90 Å². The van der Waals surface area contributed by atoms with Gasteiger partial charge in [0.15, 0.2) is 0 Å². The van der Waals surface area contributed by atoms with Crippen molar-refractivity contribution in [3.05, 3.63) is 76.8 Å². The molecule has 2 saturated carbocycles. The van der Waals surface area contributed by atoms with Crippen LogP contribution in [0.3, 0.4) is 0 Å². The predicted octanol–water partition coefficient (Wildman–Crippen LogP) is 4.11. The number of rotatable bonds is 4. The van der Waals surface area contributed by atoms with Crippen LogP contribution in [0, 0.1) is 35.5 Å². The van der Waals surface area contributed by atoms with Gasteiger partial charge in [-0.3, -0.25) is 24.2 Å².